The number of terminal acetylenes is 1. The fourth-order valence-corrected chi connectivity index (χ4v) is 3.77. The van der Waals surface area contributed by atoms with Crippen LogP contribution >= 0.6 is 0 Å². The molecule has 1 aliphatic carbocycles. The van der Waals surface area contributed by atoms with Crippen LogP contribution < -0.4 is 0 Å². The average Bonchev–Trinajstić information content (AvgIpc) is 3.02. The monoisotopic (exact) mass is 371 g/mol. The quantitative estimate of drug-likeness (QED) is 0.407. The average molecular weight is 371 g/mol. The van der Waals surface area contributed by atoms with Gasteiger partial charge in [0.15, 0.2) is 0 Å². The molecule has 1 atom stereocenters. The van der Waals surface area contributed by atoms with Crippen molar-refractivity contribution >= 4 is 12.1 Å². The Morgan fingerprint density at radius 3 is 2.67 bits per heavy atom. The summed E-state index contributed by atoms with van der Waals surface area (Å²) >= 11 is 0. The van der Waals surface area contributed by atoms with E-state index in [2.05, 4.69) is 12.0 Å². The van der Waals surface area contributed by atoms with Crippen LogP contribution in [0.2, 0.25) is 0 Å². The number of hydrogen-bond acceptors (Lipinski definition) is 4. The van der Waals surface area contributed by atoms with Crippen LogP contribution in [0.5, 0.6) is 0 Å². The van der Waals surface area contributed by atoms with Gasteiger partial charge in [0.05, 0.1) is 18.0 Å². The smallest absolute Gasteiger partial charge is 0.413 e. The summed E-state index contributed by atoms with van der Waals surface area (Å²) in [6.45, 7) is 7.49. The third kappa shape index (κ3) is 5.26. The molecule has 0 heterocycles. The maximum Gasteiger partial charge on any atom is 0.413 e. The normalized spacial score (nSPS) is 15.8. The van der Waals surface area contributed by atoms with E-state index in [0.29, 0.717) is 12.3 Å². The molecule has 0 saturated carbocycles. The van der Waals surface area contributed by atoms with E-state index < -0.39 is 18.3 Å². The van der Waals surface area contributed by atoms with Gasteiger partial charge in [0.1, 0.15) is 0 Å². The van der Waals surface area contributed by atoms with Gasteiger partial charge in [-0.3, -0.25) is 9.69 Å². The van der Waals surface area contributed by atoms with Crippen LogP contribution in [0.1, 0.15) is 57.7 Å². The van der Waals surface area contributed by atoms with E-state index in [0.717, 1.165) is 18.4 Å². The second-order valence-corrected chi connectivity index (χ2v) is 8.03. The van der Waals surface area contributed by atoms with Crippen molar-refractivity contribution in [2.45, 2.75) is 53.0 Å². The van der Waals surface area contributed by atoms with Crippen molar-refractivity contribution in [2.24, 2.45) is 11.3 Å². The largest absolute Gasteiger partial charge is 0.427 e. The molecule has 0 N–H and O–H groups in total. The predicted octanol–water partition coefficient (Wildman–Crippen LogP) is 4.32. The Balaban J connectivity index is 1.95. The highest BCUT2D eigenvalue weighted by atomic mass is 16.7. The highest BCUT2D eigenvalue weighted by Gasteiger charge is 2.33. The maximum atomic E-state index is 12.6. The van der Waals surface area contributed by atoms with Gasteiger partial charge in [-0.05, 0) is 50.2 Å². The minimum atomic E-state index is -0.622. The van der Waals surface area contributed by atoms with Crippen molar-refractivity contribution in [3.8, 4) is 12.3 Å². The molecular formula is C22H29NO4. The van der Waals surface area contributed by atoms with Gasteiger partial charge in [0.2, 0.25) is 6.79 Å². The van der Waals surface area contributed by atoms with Crippen LogP contribution in [-0.2, 0) is 20.7 Å². The van der Waals surface area contributed by atoms with Gasteiger partial charge in [0, 0.05) is 0 Å². The zero-order valence-corrected chi connectivity index (χ0v) is 16.7. The molecule has 1 aromatic rings. The lowest BCUT2D eigenvalue weighted by Gasteiger charge is -2.28. The van der Waals surface area contributed by atoms with Gasteiger partial charge in [-0.15, -0.1) is 6.42 Å². The number of fused-ring (bicyclic) bond motifs is 1. The summed E-state index contributed by atoms with van der Waals surface area (Å²) in [5.41, 5.74) is 1.70. The molecule has 1 aromatic carbocycles. The lowest BCUT2D eigenvalue weighted by Crippen LogP contribution is -2.36. The topological polar surface area (TPSA) is 55.8 Å². The van der Waals surface area contributed by atoms with E-state index in [1.807, 2.05) is 45.9 Å². The summed E-state index contributed by atoms with van der Waals surface area (Å²) in [5, 5.41) is 0. The van der Waals surface area contributed by atoms with Crippen LogP contribution in [0, 0.1) is 23.7 Å². The highest BCUT2D eigenvalue weighted by Crippen LogP contribution is 2.35. The lowest BCUT2D eigenvalue weighted by atomic mass is 9.84. The molecule has 0 spiro atoms. The molecular weight excluding hydrogens is 342 g/mol. The Morgan fingerprint density at radius 2 is 2.00 bits per heavy atom. The van der Waals surface area contributed by atoms with E-state index >= 15 is 0 Å². The summed E-state index contributed by atoms with van der Waals surface area (Å²) in [5.74, 6) is 2.51. The molecule has 0 aliphatic heterocycles. The maximum absolute atomic E-state index is 12.6. The lowest BCUT2D eigenvalue weighted by molar-refractivity contribution is -0.163. The van der Waals surface area contributed by atoms with E-state index in [1.165, 1.54) is 10.5 Å². The van der Waals surface area contributed by atoms with Crippen LogP contribution in [0.15, 0.2) is 24.3 Å². The molecule has 27 heavy (non-hydrogen) atoms. The Kier molecular flexibility index (Phi) is 6.90. The first-order chi connectivity index (χ1) is 12.8. The molecule has 0 unspecified atom stereocenters. The third-order valence-corrected chi connectivity index (χ3v) is 4.82. The van der Waals surface area contributed by atoms with Crippen molar-refractivity contribution in [2.75, 3.05) is 13.3 Å². The number of carbonyl (C=O) groups excluding carboxylic acids is 2. The first-order valence-corrected chi connectivity index (χ1v) is 9.38. The van der Waals surface area contributed by atoms with Crippen molar-refractivity contribution in [3.05, 3.63) is 35.4 Å². The van der Waals surface area contributed by atoms with Gasteiger partial charge in [-0.1, -0.05) is 44.0 Å². The molecule has 1 amide bonds. The Morgan fingerprint density at radius 1 is 1.30 bits per heavy atom. The van der Waals surface area contributed by atoms with Crippen LogP contribution in [0.25, 0.3) is 0 Å². The molecule has 0 bridgehead atoms. The van der Waals surface area contributed by atoms with Gasteiger partial charge in [0.25, 0.3) is 0 Å². The van der Waals surface area contributed by atoms with Crippen molar-refractivity contribution in [1.29, 1.82) is 0 Å². The van der Waals surface area contributed by atoms with Gasteiger partial charge in [-0.25, -0.2) is 4.79 Å². The van der Waals surface area contributed by atoms with E-state index in [4.69, 9.17) is 15.9 Å². The first-order valence-electron chi connectivity index (χ1n) is 9.38. The van der Waals surface area contributed by atoms with E-state index in [9.17, 15) is 9.59 Å². The van der Waals surface area contributed by atoms with E-state index in [1.54, 1.807) is 0 Å². The van der Waals surface area contributed by atoms with Gasteiger partial charge in [-0.2, -0.15) is 0 Å². The first kappa shape index (κ1) is 20.8. The van der Waals surface area contributed by atoms with Crippen molar-refractivity contribution < 1.29 is 19.1 Å². The fraction of sp³-hybridized carbons (Fsp3) is 0.545. The Labute approximate surface area is 162 Å². The molecule has 146 valence electrons. The number of benzene rings is 1. The number of rotatable bonds is 7. The number of hydrogen-bond donors (Lipinski definition) is 0. The molecule has 0 radical (unpaired) electrons. The summed E-state index contributed by atoms with van der Waals surface area (Å²) < 4.78 is 10.4. The molecule has 0 fully saturated rings. The SMILES string of the molecule is C#CCN(C(=O)OCOC(=O)C(C)(C)CC(C)C)[C@@H]1CCc2ccccc21. The predicted molar refractivity (Wildman–Crippen MR) is 104 cm³/mol. The summed E-state index contributed by atoms with van der Waals surface area (Å²) in [4.78, 5) is 26.3. The van der Waals surface area contributed by atoms with Crippen molar-refractivity contribution in [1.82, 2.24) is 4.90 Å². The molecule has 5 nitrogen and oxygen atoms in total. The molecule has 0 saturated heterocycles. The zero-order chi connectivity index (χ0) is 20.0. The fourth-order valence-electron chi connectivity index (χ4n) is 3.77. The number of nitrogens with zero attached hydrogens (tertiary/aromatic N) is 1. The number of aryl methyl sites for hydroxylation is 1. The van der Waals surface area contributed by atoms with Gasteiger partial charge < -0.3 is 9.47 Å². The number of carbonyl (C=O) groups is 2. The van der Waals surface area contributed by atoms with Crippen LogP contribution in [-0.4, -0.2) is 30.3 Å². The number of esters is 1. The molecule has 1 aliphatic rings. The second kappa shape index (κ2) is 8.94. The summed E-state index contributed by atoms with van der Waals surface area (Å²) in [6.07, 6.45) is 7.28. The van der Waals surface area contributed by atoms with Crippen LogP contribution in [0.4, 0.5) is 4.79 Å². The molecule has 2 rings (SSSR count). The van der Waals surface area contributed by atoms with Gasteiger partial charge >= 0.3 is 12.1 Å². The minimum Gasteiger partial charge on any atom is -0.427 e. The van der Waals surface area contributed by atoms with Crippen molar-refractivity contribution in [3.63, 3.8) is 0 Å². The molecule has 0 aromatic heterocycles. The summed E-state index contributed by atoms with van der Waals surface area (Å²) in [6, 6.07) is 7.90. The summed E-state index contributed by atoms with van der Waals surface area (Å²) in [7, 11) is 0. The number of ether oxygens (including phenoxy) is 2. The zero-order valence-electron chi connectivity index (χ0n) is 16.7. The second-order valence-electron chi connectivity index (χ2n) is 8.03. The molecule has 5 heteroatoms. The minimum absolute atomic E-state index is 0.113. The highest BCUT2D eigenvalue weighted by molar-refractivity contribution is 5.76. The Bertz CT molecular complexity index is 717. The standard InChI is InChI=1S/C22H29NO4/c1-6-13-23(19-12-11-17-9-7-8-10-18(17)19)21(25)27-15-26-20(24)22(4,5)14-16(2)3/h1,7-10,16,19H,11-15H2,2-5H3/t19-/m1/s1. The van der Waals surface area contributed by atoms with Crippen LogP contribution in [0.3, 0.4) is 0 Å². The third-order valence-electron chi connectivity index (χ3n) is 4.82. The number of amides is 1. The Hall–Kier alpha value is -2.48. The van der Waals surface area contributed by atoms with E-state index in [-0.39, 0.29) is 18.6 Å².